The third kappa shape index (κ3) is 3.40. The number of ketones is 1. The Morgan fingerprint density at radius 2 is 1.60 bits per heavy atom. The highest BCUT2D eigenvalue weighted by molar-refractivity contribution is 6.04. The van der Waals surface area contributed by atoms with E-state index in [1.165, 1.54) is 21.3 Å². The average Bonchev–Trinajstić information content (AvgIpc) is 2.43. The van der Waals surface area contributed by atoms with Crippen LogP contribution in [0.5, 0.6) is 17.2 Å². The summed E-state index contributed by atoms with van der Waals surface area (Å²) in [5.41, 5.74) is 0.226. The fourth-order valence-electron chi connectivity index (χ4n) is 1.85. The van der Waals surface area contributed by atoms with Gasteiger partial charge in [-0.05, 0) is 0 Å². The van der Waals surface area contributed by atoms with Gasteiger partial charge in [-0.2, -0.15) is 0 Å². The van der Waals surface area contributed by atoms with Gasteiger partial charge in [0.1, 0.15) is 22.8 Å². The maximum atomic E-state index is 12.4. The van der Waals surface area contributed by atoms with Gasteiger partial charge >= 0.3 is 5.97 Å². The number of Topliss-reactive ketones (excluding diaryl/α,β-unsaturated/α-hetero) is 1. The van der Waals surface area contributed by atoms with Crippen molar-refractivity contribution in [2.45, 2.75) is 13.3 Å². The number of ether oxygens (including phenoxy) is 3. The van der Waals surface area contributed by atoms with E-state index in [-0.39, 0.29) is 17.8 Å². The zero-order chi connectivity index (χ0) is 15.3. The number of carboxylic acid groups (broad SMARTS) is 1. The summed E-state index contributed by atoms with van der Waals surface area (Å²) in [4.78, 5) is 23.1. The summed E-state index contributed by atoms with van der Waals surface area (Å²) >= 11 is 0. The molecule has 110 valence electrons. The van der Waals surface area contributed by atoms with E-state index in [1.54, 1.807) is 19.1 Å². The summed E-state index contributed by atoms with van der Waals surface area (Å²) in [5, 5.41) is 8.78. The van der Waals surface area contributed by atoms with Crippen LogP contribution in [0.4, 0.5) is 0 Å². The first-order chi connectivity index (χ1) is 9.44. The van der Waals surface area contributed by atoms with Crippen LogP contribution in [0.2, 0.25) is 0 Å². The molecular weight excluding hydrogens is 264 g/mol. The lowest BCUT2D eigenvalue weighted by Crippen LogP contribution is -2.17. The van der Waals surface area contributed by atoms with Crippen molar-refractivity contribution in [1.82, 2.24) is 0 Å². The van der Waals surface area contributed by atoms with Gasteiger partial charge in [-0.15, -0.1) is 0 Å². The Balaban J connectivity index is 3.27. The Hall–Kier alpha value is -2.24. The fourth-order valence-corrected chi connectivity index (χ4v) is 1.85. The van der Waals surface area contributed by atoms with E-state index in [1.807, 2.05) is 0 Å². The number of carbonyl (C=O) groups is 2. The predicted octanol–water partition coefficient (Wildman–Crippen LogP) is 2.01. The molecule has 1 N–H and O–H groups in total. The molecule has 0 aliphatic carbocycles. The molecule has 20 heavy (non-hydrogen) atoms. The molecule has 1 aromatic carbocycles. The van der Waals surface area contributed by atoms with E-state index in [9.17, 15) is 9.59 Å². The SMILES string of the molecule is COc1cc(OC)c(C(=O)C(C)CC(=O)O)c(OC)c1. The smallest absolute Gasteiger partial charge is 0.304 e. The summed E-state index contributed by atoms with van der Waals surface area (Å²) in [5.74, 6) is -0.974. The highest BCUT2D eigenvalue weighted by Crippen LogP contribution is 2.36. The molecule has 0 aliphatic heterocycles. The number of benzene rings is 1. The van der Waals surface area contributed by atoms with Crippen LogP contribution in [-0.4, -0.2) is 38.2 Å². The zero-order valence-corrected chi connectivity index (χ0v) is 11.9. The minimum atomic E-state index is -1.03. The lowest BCUT2D eigenvalue weighted by Gasteiger charge is -2.16. The first kappa shape index (κ1) is 15.8. The highest BCUT2D eigenvalue weighted by atomic mass is 16.5. The number of methoxy groups -OCH3 is 3. The van der Waals surface area contributed by atoms with Crippen molar-refractivity contribution < 1.29 is 28.9 Å². The van der Waals surface area contributed by atoms with Gasteiger partial charge < -0.3 is 19.3 Å². The molecule has 1 unspecified atom stereocenters. The van der Waals surface area contributed by atoms with E-state index in [2.05, 4.69) is 0 Å². The van der Waals surface area contributed by atoms with Gasteiger partial charge in [0.2, 0.25) is 0 Å². The van der Waals surface area contributed by atoms with Gasteiger partial charge in [0.25, 0.3) is 0 Å². The molecule has 0 saturated carbocycles. The third-order valence-electron chi connectivity index (χ3n) is 2.89. The van der Waals surface area contributed by atoms with Crippen molar-refractivity contribution in [3.8, 4) is 17.2 Å². The average molecular weight is 282 g/mol. The molecule has 1 atom stereocenters. The Kier molecular flexibility index (Phi) is 5.37. The number of carboxylic acids is 1. The van der Waals surface area contributed by atoms with Crippen LogP contribution in [0.3, 0.4) is 0 Å². The van der Waals surface area contributed by atoms with Crippen LogP contribution in [0, 0.1) is 5.92 Å². The molecule has 6 heteroatoms. The number of hydrogen-bond acceptors (Lipinski definition) is 5. The molecule has 0 bridgehead atoms. The zero-order valence-electron chi connectivity index (χ0n) is 11.9. The molecule has 0 saturated heterocycles. The lowest BCUT2D eigenvalue weighted by molar-refractivity contribution is -0.137. The van der Waals surface area contributed by atoms with Crippen LogP contribution < -0.4 is 14.2 Å². The molecule has 0 aromatic heterocycles. The summed E-state index contributed by atoms with van der Waals surface area (Å²) in [6.07, 6.45) is -0.253. The van der Waals surface area contributed by atoms with Crippen LogP contribution in [0.25, 0.3) is 0 Å². The molecule has 6 nitrogen and oxygen atoms in total. The van der Waals surface area contributed by atoms with Crippen LogP contribution in [-0.2, 0) is 4.79 Å². The van der Waals surface area contributed by atoms with Gasteiger partial charge in [0.05, 0.1) is 27.8 Å². The molecule has 0 spiro atoms. The standard InChI is InChI=1S/C14H18O6/c1-8(5-12(15)16)14(17)13-10(19-3)6-9(18-2)7-11(13)20-4/h6-8H,5H2,1-4H3,(H,15,16). The Morgan fingerprint density at radius 1 is 1.10 bits per heavy atom. The van der Waals surface area contributed by atoms with Crippen LogP contribution >= 0.6 is 0 Å². The van der Waals surface area contributed by atoms with E-state index < -0.39 is 11.9 Å². The quantitative estimate of drug-likeness (QED) is 0.770. The molecule has 0 amide bonds. The summed E-state index contributed by atoms with van der Waals surface area (Å²) in [6, 6.07) is 3.12. The molecule has 1 aromatic rings. The molecule has 0 radical (unpaired) electrons. The predicted molar refractivity (Wildman–Crippen MR) is 71.8 cm³/mol. The molecule has 1 rings (SSSR count). The number of rotatable bonds is 7. The van der Waals surface area contributed by atoms with Crippen molar-refractivity contribution in [2.24, 2.45) is 5.92 Å². The van der Waals surface area contributed by atoms with Crippen molar-refractivity contribution in [3.63, 3.8) is 0 Å². The normalized spacial score (nSPS) is 11.6. The first-order valence-electron chi connectivity index (χ1n) is 6.00. The van der Waals surface area contributed by atoms with Crippen molar-refractivity contribution >= 4 is 11.8 Å². The van der Waals surface area contributed by atoms with Gasteiger partial charge in [-0.25, -0.2) is 0 Å². The van der Waals surface area contributed by atoms with Crippen molar-refractivity contribution in [1.29, 1.82) is 0 Å². The topological polar surface area (TPSA) is 82.1 Å². The number of carbonyl (C=O) groups excluding carboxylic acids is 1. The molecular formula is C14H18O6. The first-order valence-corrected chi connectivity index (χ1v) is 6.00. The largest absolute Gasteiger partial charge is 0.496 e. The summed E-state index contributed by atoms with van der Waals surface area (Å²) in [6.45, 7) is 1.56. The lowest BCUT2D eigenvalue weighted by atomic mass is 9.95. The van der Waals surface area contributed by atoms with E-state index in [0.29, 0.717) is 17.2 Å². The molecule has 0 fully saturated rings. The van der Waals surface area contributed by atoms with E-state index in [0.717, 1.165) is 0 Å². The van der Waals surface area contributed by atoms with E-state index >= 15 is 0 Å². The number of aliphatic carboxylic acids is 1. The van der Waals surface area contributed by atoms with Gasteiger partial charge in [-0.3, -0.25) is 9.59 Å². The second kappa shape index (κ2) is 6.79. The summed E-state index contributed by atoms with van der Waals surface area (Å²) < 4.78 is 15.5. The van der Waals surface area contributed by atoms with Crippen LogP contribution in [0.15, 0.2) is 12.1 Å². The Bertz CT molecular complexity index is 483. The van der Waals surface area contributed by atoms with Crippen LogP contribution in [0.1, 0.15) is 23.7 Å². The second-order valence-corrected chi connectivity index (χ2v) is 4.27. The van der Waals surface area contributed by atoms with Crippen molar-refractivity contribution in [2.75, 3.05) is 21.3 Å². The monoisotopic (exact) mass is 282 g/mol. The Morgan fingerprint density at radius 3 is 1.95 bits per heavy atom. The van der Waals surface area contributed by atoms with Crippen molar-refractivity contribution in [3.05, 3.63) is 17.7 Å². The minimum Gasteiger partial charge on any atom is -0.496 e. The highest BCUT2D eigenvalue weighted by Gasteiger charge is 2.26. The maximum absolute atomic E-state index is 12.4. The third-order valence-corrected chi connectivity index (χ3v) is 2.89. The molecule has 0 aliphatic rings. The Labute approximate surface area is 117 Å². The van der Waals surface area contributed by atoms with E-state index in [4.69, 9.17) is 19.3 Å². The molecule has 0 heterocycles. The van der Waals surface area contributed by atoms with Gasteiger partial charge in [-0.1, -0.05) is 6.92 Å². The van der Waals surface area contributed by atoms with Gasteiger partial charge in [0, 0.05) is 18.1 Å². The van der Waals surface area contributed by atoms with Gasteiger partial charge in [0.15, 0.2) is 5.78 Å². The number of hydrogen-bond donors (Lipinski definition) is 1. The maximum Gasteiger partial charge on any atom is 0.304 e. The summed E-state index contributed by atoms with van der Waals surface area (Å²) in [7, 11) is 4.34. The second-order valence-electron chi connectivity index (χ2n) is 4.27. The minimum absolute atomic E-state index is 0.226. The fraction of sp³-hybridized carbons (Fsp3) is 0.429.